The van der Waals surface area contributed by atoms with Crippen molar-refractivity contribution in [2.75, 3.05) is 44.7 Å². The molecule has 1 aromatic heterocycles. The minimum Gasteiger partial charge on any atom is -0.378 e. The number of carbonyl (C=O) groups excluding carboxylic acids is 1. The highest BCUT2D eigenvalue weighted by molar-refractivity contribution is 5.90. The molecule has 7 heteroatoms. The Morgan fingerprint density at radius 3 is 2.92 bits per heavy atom. The summed E-state index contributed by atoms with van der Waals surface area (Å²) in [5.41, 5.74) is 2.64. The second-order valence-corrected chi connectivity index (χ2v) is 6.53. The van der Waals surface area contributed by atoms with Crippen molar-refractivity contribution in [1.82, 2.24) is 19.6 Å². The summed E-state index contributed by atoms with van der Waals surface area (Å²) in [6.07, 6.45) is 1.71. The summed E-state index contributed by atoms with van der Waals surface area (Å²) >= 11 is 0. The molecule has 2 amide bonds. The van der Waals surface area contributed by atoms with Crippen LogP contribution in [0.3, 0.4) is 0 Å². The Morgan fingerprint density at radius 2 is 2.08 bits per heavy atom. The molecule has 0 saturated carbocycles. The molecular weight excluding hydrogens is 318 g/mol. The lowest BCUT2D eigenvalue weighted by atomic mass is 10.1. The maximum absolute atomic E-state index is 12.7. The Hall–Kier alpha value is -2.38. The number of aromatic nitrogens is 2. The molecule has 0 bridgehead atoms. The van der Waals surface area contributed by atoms with Crippen molar-refractivity contribution in [3.05, 3.63) is 42.2 Å². The Balaban J connectivity index is 1.44. The fourth-order valence-electron chi connectivity index (χ4n) is 3.49. The van der Waals surface area contributed by atoms with Gasteiger partial charge >= 0.3 is 6.03 Å². The normalized spacial score (nSPS) is 21.0. The molecule has 3 heterocycles. The van der Waals surface area contributed by atoms with Gasteiger partial charge in [0.15, 0.2) is 0 Å². The molecule has 1 N–H and O–H groups in total. The van der Waals surface area contributed by atoms with E-state index in [1.165, 1.54) is 0 Å². The number of piperazine rings is 1. The minimum absolute atomic E-state index is 0.0686. The van der Waals surface area contributed by atoms with Gasteiger partial charge in [0.05, 0.1) is 42.5 Å². The number of hydrogen-bond donors (Lipinski definition) is 1. The van der Waals surface area contributed by atoms with E-state index in [9.17, 15) is 4.79 Å². The maximum atomic E-state index is 12.7. The van der Waals surface area contributed by atoms with E-state index < -0.39 is 0 Å². The molecule has 0 aliphatic carbocycles. The number of ether oxygens (including phenoxy) is 1. The minimum atomic E-state index is -0.0686. The number of rotatable bonds is 2. The van der Waals surface area contributed by atoms with Gasteiger partial charge in [-0.25, -0.2) is 9.48 Å². The average molecular weight is 341 g/mol. The van der Waals surface area contributed by atoms with Gasteiger partial charge in [-0.15, -0.1) is 0 Å². The van der Waals surface area contributed by atoms with Crippen LogP contribution in [0.5, 0.6) is 0 Å². The summed E-state index contributed by atoms with van der Waals surface area (Å²) in [4.78, 5) is 16.9. The Labute approximate surface area is 147 Å². The first-order chi connectivity index (χ1) is 12.2. The van der Waals surface area contributed by atoms with Crippen LogP contribution >= 0.6 is 0 Å². The van der Waals surface area contributed by atoms with E-state index in [0.717, 1.165) is 43.3 Å². The van der Waals surface area contributed by atoms with Crippen LogP contribution in [0, 0.1) is 6.92 Å². The second-order valence-electron chi connectivity index (χ2n) is 6.53. The van der Waals surface area contributed by atoms with Gasteiger partial charge in [-0.1, -0.05) is 18.2 Å². The number of benzene rings is 1. The maximum Gasteiger partial charge on any atom is 0.322 e. The van der Waals surface area contributed by atoms with Gasteiger partial charge in [0.25, 0.3) is 0 Å². The van der Waals surface area contributed by atoms with Gasteiger partial charge < -0.3 is 15.0 Å². The number of para-hydroxylation sites is 1. The second kappa shape index (κ2) is 6.85. The molecule has 0 spiro atoms. The average Bonchev–Trinajstić information content (AvgIpc) is 3.02. The number of anilines is 1. The quantitative estimate of drug-likeness (QED) is 0.904. The number of carbonyl (C=O) groups is 1. The SMILES string of the molecule is Cc1c(NC(=O)N2CCN3CCOC[C@@H]3C2)cnn1-c1ccccc1. The highest BCUT2D eigenvalue weighted by Gasteiger charge is 2.31. The van der Waals surface area contributed by atoms with E-state index in [0.29, 0.717) is 19.2 Å². The summed E-state index contributed by atoms with van der Waals surface area (Å²) in [6, 6.07) is 10.1. The van der Waals surface area contributed by atoms with Crippen LogP contribution in [0.4, 0.5) is 10.5 Å². The van der Waals surface area contributed by atoms with Gasteiger partial charge in [0.2, 0.25) is 0 Å². The predicted octanol–water partition coefficient (Wildman–Crippen LogP) is 1.73. The van der Waals surface area contributed by atoms with E-state index in [1.807, 2.05) is 46.8 Å². The summed E-state index contributed by atoms with van der Waals surface area (Å²) in [5, 5.41) is 7.41. The Bertz CT molecular complexity index is 745. The first-order valence-corrected chi connectivity index (χ1v) is 8.70. The van der Waals surface area contributed by atoms with Gasteiger partial charge in [0.1, 0.15) is 0 Å². The third-order valence-corrected chi connectivity index (χ3v) is 4.98. The summed E-state index contributed by atoms with van der Waals surface area (Å²) in [5.74, 6) is 0. The number of urea groups is 1. The lowest BCUT2D eigenvalue weighted by Gasteiger charge is -2.43. The summed E-state index contributed by atoms with van der Waals surface area (Å²) < 4.78 is 7.38. The lowest BCUT2D eigenvalue weighted by Crippen LogP contribution is -2.59. The Kier molecular flexibility index (Phi) is 4.42. The molecule has 2 aliphatic heterocycles. The monoisotopic (exact) mass is 341 g/mol. The standard InChI is InChI=1S/C18H23N5O2/c1-14-17(11-19-23(14)15-5-3-2-4-6-15)20-18(24)22-8-7-21-9-10-25-13-16(21)12-22/h2-6,11,16H,7-10,12-13H2,1H3,(H,20,24)/t16-/m0/s1. The first kappa shape index (κ1) is 16.1. The van der Waals surface area contributed by atoms with Gasteiger partial charge in [0, 0.05) is 26.2 Å². The third-order valence-electron chi connectivity index (χ3n) is 4.98. The molecule has 4 rings (SSSR count). The van der Waals surface area contributed by atoms with Crippen LogP contribution in [0.25, 0.3) is 5.69 Å². The van der Waals surface area contributed by atoms with Crippen molar-refractivity contribution in [2.24, 2.45) is 0 Å². The van der Waals surface area contributed by atoms with E-state index in [1.54, 1.807) is 6.20 Å². The molecule has 1 atom stereocenters. The van der Waals surface area contributed by atoms with Crippen molar-refractivity contribution in [3.8, 4) is 5.69 Å². The molecule has 25 heavy (non-hydrogen) atoms. The fraction of sp³-hybridized carbons (Fsp3) is 0.444. The van der Waals surface area contributed by atoms with Crippen LogP contribution in [0.2, 0.25) is 0 Å². The Morgan fingerprint density at radius 1 is 1.24 bits per heavy atom. The van der Waals surface area contributed by atoms with Crippen molar-refractivity contribution in [3.63, 3.8) is 0 Å². The van der Waals surface area contributed by atoms with Crippen molar-refractivity contribution < 1.29 is 9.53 Å². The van der Waals surface area contributed by atoms with Crippen LogP contribution in [-0.2, 0) is 4.74 Å². The number of nitrogens with one attached hydrogen (secondary N) is 1. The number of hydrogen-bond acceptors (Lipinski definition) is 4. The summed E-state index contributed by atoms with van der Waals surface area (Å²) in [7, 11) is 0. The number of morpholine rings is 1. The molecule has 132 valence electrons. The molecule has 7 nitrogen and oxygen atoms in total. The van der Waals surface area contributed by atoms with Gasteiger partial charge in [-0.3, -0.25) is 4.90 Å². The number of fused-ring (bicyclic) bond motifs is 1. The molecule has 2 saturated heterocycles. The number of nitrogens with zero attached hydrogens (tertiary/aromatic N) is 4. The first-order valence-electron chi connectivity index (χ1n) is 8.70. The largest absolute Gasteiger partial charge is 0.378 e. The topological polar surface area (TPSA) is 62.6 Å². The molecular formula is C18H23N5O2. The summed E-state index contributed by atoms with van der Waals surface area (Å²) in [6.45, 7) is 6.77. The third kappa shape index (κ3) is 3.25. The van der Waals surface area contributed by atoms with Gasteiger partial charge in [-0.05, 0) is 19.1 Å². The zero-order valence-electron chi connectivity index (χ0n) is 14.4. The molecule has 2 fully saturated rings. The zero-order valence-corrected chi connectivity index (χ0v) is 14.4. The number of amides is 2. The van der Waals surface area contributed by atoms with E-state index in [-0.39, 0.29) is 6.03 Å². The molecule has 0 unspecified atom stereocenters. The van der Waals surface area contributed by atoms with Crippen molar-refractivity contribution >= 4 is 11.7 Å². The van der Waals surface area contributed by atoms with Crippen LogP contribution < -0.4 is 5.32 Å². The highest BCUT2D eigenvalue weighted by atomic mass is 16.5. The zero-order chi connectivity index (χ0) is 17.2. The van der Waals surface area contributed by atoms with Crippen LogP contribution in [0.1, 0.15) is 5.69 Å². The van der Waals surface area contributed by atoms with Crippen LogP contribution in [-0.4, -0.2) is 71.0 Å². The molecule has 1 aromatic carbocycles. The smallest absolute Gasteiger partial charge is 0.322 e. The van der Waals surface area contributed by atoms with Crippen molar-refractivity contribution in [2.45, 2.75) is 13.0 Å². The van der Waals surface area contributed by atoms with Crippen molar-refractivity contribution in [1.29, 1.82) is 0 Å². The highest BCUT2D eigenvalue weighted by Crippen LogP contribution is 2.20. The van der Waals surface area contributed by atoms with E-state index in [4.69, 9.17) is 4.74 Å². The predicted molar refractivity (Wildman–Crippen MR) is 95.1 cm³/mol. The van der Waals surface area contributed by atoms with Crippen LogP contribution in [0.15, 0.2) is 36.5 Å². The van der Waals surface area contributed by atoms with Gasteiger partial charge in [-0.2, -0.15) is 5.10 Å². The molecule has 0 radical (unpaired) electrons. The molecule has 2 aliphatic rings. The van der Waals surface area contributed by atoms with E-state index in [2.05, 4.69) is 15.3 Å². The fourth-order valence-corrected chi connectivity index (χ4v) is 3.49. The van der Waals surface area contributed by atoms with E-state index >= 15 is 0 Å². The molecule has 2 aromatic rings. The lowest BCUT2D eigenvalue weighted by molar-refractivity contribution is -0.0355.